The zero-order valence-corrected chi connectivity index (χ0v) is 17.1. The summed E-state index contributed by atoms with van der Waals surface area (Å²) in [7, 11) is 3.06. The van der Waals surface area contributed by atoms with E-state index in [1.54, 1.807) is 12.1 Å². The maximum absolute atomic E-state index is 12.8. The number of anilines is 1. The topological polar surface area (TPSA) is 95.3 Å². The van der Waals surface area contributed by atoms with Crippen LogP contribution in [0.3, 0.4) is 0 Å². The van der Waals surface area contributed by atoms with Crippen molar-refractivity contribution in [2.45, 2.75) is 38.1 Å². The first kappa shape index (κ1) is 19.4. The number of hydrogen-bond donors (Lipinski definition) is 1. The monoisotopic (exact) mass is 414 g/mol. The molecule has 0 bridgehead atoms. The van der Waals surface area contributed by atoms with Gasteiger partial charge >= 0.3 is 0 Å². The van der Waals surface area contributed by atoms with Crippen LogP contribution in [-0.4, -0.2) is 34.7 Å². The Balaban J connectivity index is 1.39. The molecule has 0 radical (unpaired) electrons. The third-order valence-corrected chi connectivity index (χ3v) is 5.67. The summed E-state index contributed by atoms with van der Waals surface area (Å²) in [4.78, 5) is 33.7. The Hall–Kier alpha value is -2.94. The van der Waals surface area contributed by atoms with Crippen molar-refractivity contribution >= 4 is 33.3 Å². The Morgan fingerprint density at radius 1 is 1.28 bits per heavy atom. The normalized spacial score (nSPS) is 13.4. The number of aryl methyl sites for hydroxylation is 1. The van der Waals surface area contributed by atoms with Gasteiger partial charge in [-0.1, -0.05) is 0 Å². The van der Waals surface area contributed by atoms with Crippen molar-refractivity contribution in [2.75, 3.05) is 19.5 Å². The molecule has 1 fully saturated rings. The van der Waals surface area contributed by atoms with E-state index in [0.29, 0.717) is 52.8 Å². The highest BCUT2D eigenvalue weighted by Gasteiger charge is 2.26. The Labute approximate surface area is 171 Å². The minimum atomic E-state index is -0.176. The zero-order valence-electron chi connectivity index (χ0n) is 16.3. The molecule has 0 spiro atoms. The van der Waals surface area contributed by atoms with Crippen LogP contribution in [0.25, 0.3) is 10.9 Å². The molecule has 0 aliphatic heterocycles. The molecule has 4 rings (SSSR count). The third-order valence-electron chi connectivity index (χ3n) is 4.90. The van der Waals surface area contributed by atoms with Gasteiger partial charge in [0, 0.05) is 30.3 Å². The van der Waals surface area contributed by atoms with Crippen molar-refractivity contribution in [1.82, 2.24) is 14.5 Å². The summed E-state index contributed by atoms with van der Waals surface area (Å²) in [6, 6.07) is 3.31. The number of fused-ring (bicyclic) bond motifs is 1. The van der Waals surface area contributed by atoms with E-state index in [2.05, 4.69) is 15.3 Å². The Bertz CT molecular complexity index is 1100. The first-order chi connectivity index (χ1) is 14.1. The van der Waals surface area contributed by atoms with Gasteiger partial charge in [0.1, 0.15) is 0 Å². The molecule has 8 nitrogen and oxygen atoms in total. The number of nitrogens with zero attached hydrogens (tertiary/aromatic N) is 3. The first-order valence-electron chi connectivity index (χ1n) is 9.45. The molecule has 29 heavy (non-hydrogen) atoms. The van der Waals surface area contributed by atoms with Crippen LogP contribution >= 0.6 is 11.3 Å². The molecule has 1 amide bonds. The van der Waals surface area contributed by atoms with Gasteiger partial charge in [0.15, 0.2) is 16.6 Å². The Morgan fingerprint density at radius 2 is 2.03 bits per heavy atom. The molecule has 1 saturated carbocycles. The van der Waals surface area contributed by atoms with Gasteiger partial charge in [-0.25, -0.2) is 9.97 Å². The molecule has 1 aliphatic rings. The summed E-state index contributed by atoms with van der Waals surface area (Å²) in [5.74, 6) is 1.47. The van der Waals surface area contributed by atoms with Gasteiger partial charge in [-0.3, -0.25) is 14.2 Å². The number of carbonyl (C=O) groups excluding carboxylic acids is 1. The van der Waals surface area contributed by atoms with Crippen LogP contribution in [0.2, 0.25) is 0 Å². The lowest BCUT2D eigenvalue weighted by Crippen LogP contribution is -2.22. The van der Waals surface area contributed by atoms with Crippen LogP contribution in [0.1, 0.15) is 37.3 Å². The fourth-order valence-corrected chi connectivity index (χ4v) is 3.95. The molecule has 0 atom stereocenters. The van der Waals surface area contributed by atoms with E-state index in [4.69, 9.17) is 9.47 Å². The van der Waals surface area contributed by atoms with Gasteiger partial charge in [-0.15, -0.1) is 11.3 Å². The van der Waals surface area contributed by atoms with E-state index in [0.717, 1.165) is 5.69 Å². The first-order valence-corrected chi connectivity index (χ1v) is 10.3. The second kappa shape index (κ2) is 8.20. The van der Waals surface area contributed by atoms with Gasteiger partial charge in [0.2, 0.25) is 5.91 Å². The molecule has 2 aromatic heterocycles. The highest BCUT2D eigenvalue weighted by molar-refractivity contribution is 7.13. The van der Waals surface area contributed by atoms with Crippen molar-refractivity contribution < 1.29 is 14.3 Å². The molecule has 0 unspecified atom stereocenters. The average molecular weight is 414 g/mol. The minimum Gasteiger partial charge on any atom is -0.493 e. The summed E-state index contributed by atoms with van der Waals surface area (Å²) >= 11 is 1.46. The van der Waals surface area contributed by atoms with E-state index >= 15 is 0 Å². The SMILES string of the molecule is COc1cc2ncn(CCCC(=O)Nc3nc(C4CC4)cs3)c(=O)c2cc1OC. The molecule has 1 aromatic carbocycles. The number of amides is 1. The zero-order chi connectivity index (χ0) is 20.4. The molecule has 3 aromatic rings. The number of methoxy groups -OCH3 is 2. The lowest BCUT2D eigenvalue weighted by atomic mass is 10.2. The molecule has 2 heterocycles. The molecular weight excluding hydrogens is 392 g/mol. The van der Waals surface area contributed by atoms with Crippen LogP contribution in [0.4, 0.5) is 5.13 Å². The summed E-state index contributed by atoms with van der Waals surface area (Å²) in [5, 5.41) is 5.94. The number of aromatic nitrogens is 3. The molecule has 1 aliphatic carbocycles. The van der Waals surface area contributed by atoms with Gasteiger partial charge in [0.05, 0.1) is 37.1 Å². The quantitative estimate of drug-likeness (QED) is 0.608. The standard InChI is InChI=1S/C20H22N4O4S/c1-27-16-8-13-14(9-17(16)28-2)21-11-24(19(13)26)7-3-4-18(25)23-20-22-15(10-29-20)12-5-6-12/h8-12H,3-7H2,1-2H3,(H,22,23,25). The predicted molar refractivity (Wildman–Crippen MR) is 111 cm³/mol. The molecule has 9 heteroatoms. The number of thiazole rings is 1. The number of ether oxygens (including phenoxy) is 2. The van der Waals surface area contributed by atoms with Crippen LogP contribution in [-0.2, 0) is 11.3 Å². The van der Waals surface area contributed by atoms with Gasteiger partial charge in [-0.2, -0.15) is 0 Å². The van der Waals surface area contributed by atoms with Crippen molar-refractivity contribution in [3.8, 4) is 11.5 Å². The fourth-order valence-electron chi connectivity index (χ4n) is 3.15. The van der Waals surface area contributed by atoms with Crippen LogP contribution < -0.4 is 20.3 Å². The van der Waals surface area contributed by atoms with E-state index in [9.17, 15) is 9.59 Å². The maximum atomic E-state index is 12.8. The maximum Gasteiger partial charge on any atom is 0.261 e. The second-order valence-electron chi connectivity index (χ2n) is 6.97. The number of hydrogen-bond acceptors (Lipinski definition) is 7. The van der Waals surface area contributed by atoms with Crippen LogP contribution in [0.5, 0.6) is 11.5 Å². The smallest absolute Gasteiger partial charge is 0.261 e. The van der Waals surface area contributed by atoms with Crippen molar-refractivity contribution in [2.24, 2.45) is 0 Å². The lowest BCUT2D eigenvalue weighted by Gasteiger charge is -2.10. The molecular formula is C20H22N4O4S. The van der Waals surface area contributed by atoms with Gasteiger partial charge in [0.25, 0.3) is 5.56 Å². The minimum absolute atomic E-state index is 0.102. The van der Waals surface area contributed by atoms with E-state index in [1.165, 1.54) is 49.3 Å². The number of nitrogens with one attached hydrogen (secondary N) is 1. The summed E-state index contributed by atoms with van der Waals surface area (Å²) < 4.78 is 12.0. The average Bonchev–Trinajstić information content (AvgIpc) is 3.48. The van der Waals surface area contributed by atoms with Gasteiger partial charge < -0.3 is 14.8 Å². The van der Waals surface area contributed by atoms with Gasteiger partial charge in [-0.05, 0) is 25.3 Å². The third kappa shape index (κ3) is 4.24. The molecule has 1 N–H and O–H groups in total. The summed E-state index contributed by atoms with van der Waals surface area (Å²) in [5.41, 5.74) is 1.44. The van der Waals surface area contributed by atoms with Crippen molar-refractivity contribution in [1.29, 1.82) is 0 Å². The predicted octanol–water partition coefficient (Wildman–Crippen LogP) is 3.17. The van der Waals surface area contributed by atoms with Crippen LogP contribution in [0.15, 0.2) is 28.6 Å². The number of benzene rings is 1. The van der Waals surface area contributed by atoms with E-state index in [-0.39, 0.29) is 11.5 Å². The lowest BCUT2D eigenvalue weighted by molar-refractivity contribution is -0.116. The van der Waals surface area contributed by atoms with Crippen molar-refractivity contribution in [3.05, 3.63) is 39.9 Å². The number of carbonyl (C=O) groups is 1. The number of rotatable bonds is 8. The summed E-state index contributed by atoms with van der Waals surface area (Å²) in [6.07, 6.45) is 4.69. The van der Waals surface area contributed by atoms with E-state index in [1.807, 2.05) is 5.38 Å². The molecule has 0 saturated heterocycles. The molecule has 152 valence electrons. The highest BCUT2D eigenvalue weighted by Crippen LogP contribution is 2.40. The van der Waals surface area contributed by atoms with E-state index < -0.39 is 0 Å². The Kier molecular flexibility index (Phi) is 5.48. The van der Waals surface area contributed by atoms with Crippen LogP contribution in [0, 0.1) is 0 Å². The fraction of sp³-hybridized carbons (Fsp3) is 0.400. The largest absolute Gasteiger partial charge is 0.493 e. The highest BCUT2D eigenvalue weighted by atomic mass is 32.1. The summed E-state index contributed by atoms with van der Waals surface area (Å²) in [6.45, 7) is 0.398. The Morgan fingerprint density at radius 3 is 2.76 bits per heavy atom. The van der Waals surface area contributed by atoms with Crippen molar-refractivity contribution in [3.63, 3.8) is 0 Å². The second-order valence-corrected chi connectivity index (χ2v) is 7.83.